The van der Waals surface area contributed by atoms with Crippen LogP contribution >= 0.6 is 0 Å². The fourth-order valence-corrected chi connectivity index (χ4v) is 4.16. The van der Waals surface area contributed by atoms with Crippen LogP contribution in [0.1, 0.15) is 55.7 Å². The third-order valence-corrected chi connectivity index (χ3v) is 5.92. The van der Waals surface area contributed by atoms with Gasteiger partial charge in [0.25, 0.3) is 0 Å². The van der Waals surface area contributed by atoms with Crippen LogP contribution in [0.5, 0.6) is 5.75 Å². The molecule has 0 spiro atoms. The summed E-state index contributed by atoms with van der Waals surface area (Å²) in [7, 11) is 1.66. The van der Waals surface area contributed by atoms with Gasteiger partial charge in [-0.2, -0.15) is 0 Å². The van der Waals surface area contributed by atoms with Crippen LogP contribution in [0.25, 0.3) is 11.3 Å². The third kappa shape index (κ3) is 5.48. The molecular weight excluding hydrogens is 386 g/mol. The van der Waals surface area contributed by atoms with E-state index in [9.17, 15) is 4.79 Å². The van der Waals surface area contributed by atoms with E-state index < -0.39 is 0 Å². The number of nitrogens with one attached hydrogen (secondary N) is 1. The van der Waals surface area contributed by atoms with Crippen LogP contribution < -0.4 is 10.1 Å². The Balaban J connectivity index is 1.54. The molecule has 31 heavy (non-hydrogen) atoms. The zero-order valence-corrected chi connectivity index (χ0v) is 18.0. The van der Waals surface area contributed by atoms with E-state index in [4.69, 9.17) is 9.72 Å². The number of nitrogens with zero attached hydrogens (tertiary/aromatic N) is 2. The first-order valence-electron chi connectivity index (χ1n) is 11.1. The molecule has 160 valence electrons. The number of amides is 1. The average molecular weight is 416 g/mol. The van der Waals surface area contributed by atoms with Gasteiger partial charge in [-0.3, -0.25) is 4.79 Å². The molecule has 5 nitrogen and oxygen atoms in total. The van der Waals surface area contributed by atoms with Gasteiger partial charge in [-0.15, -0.1) is 0 Å². The monoisotopic (exact) mass is 415 g/mol. The number of anilines is 1. The van der Waals surface area contributed by atoms with Gasteiger partial charge in [0.05, 0.1) is 24.7 Å². The summed E-state index contributed by atoms with van der Waals surface area (Å²) in [4.78, 5) is 22.3. The second-order valence-corrected chi connectivity index (χ2v) is 8.09. The lowest BCUT2D eigenvalue weighted by Gasteiger charge is -2.23. The van der Waals surface area contributed by atoms with Crippen molar-refractivity contribution >= 4 is 11.7 Å². The van der Waals surface area contributed by atoms with Crippen LogP contribution in [0.3, 0.4) is 0 Å². The minimum absolute atomic E-state index is 0.0209. The number of benzene rings is 2. The topological polar surface area (TPSA) is 64.1 Å². The molecule has 1 aliphatic carbocycles. The lowest BCUT2D eigenvalue weighted by molar-refractivity contribution is -0.116. The van der Waals surface area contributed by atoms with Crippen molar-refractivity contribution in [3.05, 3.63) is 72.1 Å². The molecule has 0 atom stereocenters. The second kappa shape index (κ2) is 10.2. The largest absolute Gasteiger partial charge is 0.497 e. The molecule has 1 aliphatic rings. The van der Waals surface area contributed by atoms with Crippen molar-refractivity contribution in [2.45, 2.75) is 50.9 Å². The molecule has 2 aromatic carbocycles. The van der Waals surface area contributed by atoms with Crippen molar-refractivity contribution in [3.8, 4) is 17.0 Å². The van der Waals surface area contributed by atoms with Gasteiger partial charge in [0.2, 0.25) is 5.91 Å². The SMILES string of the molecule is COc1ccc(-c2cnc(NC(=O)CCc3ccccc3)c(C3CCCCC3)n2)cc1. The van der Waals surface area contributed by atoms with E-state index in [2.05, 4.69) is 10.3 Å². The molecule has 1 amide bonds. The van der Waals surface area contributed by atoms with E-state index in [1.807, 2.05) is 54.6 Å². The number of methoxy groups -OCH3 is 1. The number of ether oxygens (including phenoxy) is 1. The first-order chi connectivity index (χ1) is 15.2. The van der Waals surface area contributed by atoms with Gasteiger partial charge in [-0.25, -0.2) is 9.97 Å². The molecular formula is C26H29N3O2. The lowest BCUT2D eigenvalue weighted by Crippen LogP contribution is -2.18. The predicted octanol–water partition coefficient (Wildman–Crippen LogP) is 5.77. The summed E-state index contributed by atoms with van der Waals surface area (Å²) < 4.78 is 5.26. The Bertz CT molecular complexity index is 997. The van der Waals surface area contributed by atoms with E-state index in [0.29, 0.717) is 24.6 Å². The molecule has 3 aromatic rings. The Morgan fingerprint density at radius 1 is 1.03 bits per heavy atom. The van der Waals surface area contributed by atoms with Crippen LogP contribution in [-0.4, -0.2) is 23.0 Å². The van der Waals surface area contributed by atoms with Crippen LogP contribution in [0.2, 0.25) is 0 Å². The minimum atomic E-state index is -0.0209. The predicted molar refractivity (Wildman–Crippen MR) is 123 cm³/mol. The Kier molecular flexibility index (Phi) is 6.92. The van der Waals surface area contributed by atoms with Gasteiger partial charge in [-0.05, 0) is 49.1 Å². The summed E-state index contributed by atoms with van der Waals surface area (Å²) in [6.45, 7) is 0. The van der Waals surface area contributed by atoms with Gasteiger partial charge in [-0.1, -0.05) is 49.6 Å². The highest BCUT2D eigenvalue weighted by Crippen LogP contribution is 2.35. The van der Waals surface area contributed by atoms with Gasteiger partial charge in [0.15, 0.2) is 5.82 Å². The molecule has 0 unspecified atom stereocenters. The van der Waals surface area contributed by atoms with E-state index in [1.165, 1.54) is 19.3 Å². The molecule has 0 radical (unpaired) electrons. The smallest absolute Gasteiger partial charge is 0.225 e. The van der Waals surface area contributed by atoms with E-state index in [-0.39, 0.29) is 5.91 Å². The molecule has 1 N–H and O–H groups in total. The molecule has 0 saturated heterocycles. The summed E-state index contributed by atoms with van der Waals surface area (Å²) >= 11 is 0. The standard InChI is InChI=1S/C26H29N3O2/c1-31-22-15-13-20(14-16-22)23-18-27-26(25(28-23)21-10-6-3-7-11-21)29-24(30)17-12-19-8-4-2-5-9-19/h2,4-5,8-9,13-16,18,21H,3,6-7,10-12,17H2,1H3,(H,27,29,30). The van der Waals surface area contributed by atoms with Gasteiger partial charge >= 0.3 is 0 Å². The highest BCUT2D eigenvalue weighted by Gasteiger charge is 2.23. The first-order valence-corrected chi connectivity index (χ1v) is 11.1. The zero-order chi connectivity index (χ0) is 21.5. The first kappa shape index (κ1) is 21.0. The van der Waals surface area contributed by atoms with Crippen LogP contribution in [0.15, 0.2) is 60.8 Å². The molecule has 4 rings (SSSR count). The number of hydrogen-bond acceptors (Lipinski definition) is 4. The normalized spacial score (nSPS) is 14.2. The number of aromatic nitrogens is 2. The number of carbonyl (C=O) groups excluding carboxylic acids is 1. The van der Waals surface area contributed by atoms with Crippen LogP contribution in [0.4, 0.5) is 5.82 Å². The van der Waals surface area contributed by atoms with Crippen molar-refractivity contribution in [2.75, 3.05) is 12.4 Å². The summed E-state index contributed by atoms with van der Waals surface area (Å²) in [5.41, 5.74) is 3.89. The van der Waals surface area contributed by atoms with Crippen molar-refractivity contribution in [1.82, 2.24) is 9.97 Å². The molecule has 1 saturated carbocycles. The van der Waals surface area contributed by atoms with Crippen LogP contribution in [-0.2, 0) is 11.2 Å². The van der Waals surface area contributed by atoms with Gasteiger partial charge in [0.1, 0.15) is 5.75 Å². The zero-order valence-electron chi connectivity index (χ0n) is 18.0. The maximum Gasteiger partial charge on any atom is 0.225 e. The van der Waals surface area contributed by atoms with Crippen molar-refractivity contribution in [1.29, 1.82) is 0 Å². The molecule has 1 aromatic heterocycles. The van der Waals surface area contributed by atoms with Crippen LogP contribution in [0, 0.1) is 0 Å². The Hall–Kier alpha value is -3.21. The van der Waals surface area contributed by atoms with Gasteiger partial charge < -0.3 is 10.1 Å². The number of rotatable bonds is 7. The molecule has 0 bridgehead atoms. The van der Waals surface area contributed by atoms with E-state index >= 15 is 0 Å². The average Bonchev–Trinajstić information content (AvgIpc) is 2.84. The third-order valence-electron chi connectivity index (χ3n) is 5.92. The summed E-state index contributed by atoms with van der Waals surface area (Å²) in [5.74, 6) is 1.74. The maximum absolute atomic E-state index is 12.7. The van der Waals surface area contributed by atoms with Crippen molar-refractivity contribution < 1.29 is 9.53 Å². The second-order valence-electron chi connectivity index (χ2n) is 8.09. The number of carbonyl (C=O) groups is 1. The maximum atomic E-state index is 12.7. The number of aryl methyl sites for hydroxylation is 1. The van der Waals surface area contributed by atoms with Gasteiger partial charge in [0, 0.05) is 17.9 Å². The lowest BCUT2D eigenvalue weighted by atomic mass is 9.86. The fraction of sp³-hybridized carbons (Fsp3) is 0.346. The van der Waals surface area contributed by atoms with E-state index in [0.717, 1.165) is 41.1 Å². The Labute approximate surface area is 183 Å². The highest BCUT2D eigenvalue weighted by molar-refractivity contribution is 5.90. The highest BCUT2D eigenvalue weighted by atomic mass is 16.5. The van der Waals surface area contributed by atoms with E-state index in [1.54, 1.807) is 13.3 Å². The Morgan fingerprint density at radius 2 is 1.77 bits per heavy atom. The molecule has 1 heterocycles. The number of hydrogen-bond donors (Lipinski definition) is 1. The quantitative estimate of drug-likeness (QED) is 0.532. The summed E-state index contributed by atoms with van der Waals surface area (Å²) in [6.07, 6.45) is 8.73. The minimum Gasteiger partial charge on any atom is -0.497 e. The summed E-state index contributed by atoms with van der Waals surface area (Å²) in [6, 6.07) is 17.9. The molecule has 0 aliphatic heterocycles. The van der Waals surface area contributed by atoms with Crippen molar-refractivity contribution in [3.63, 3.8) is 0 Å². The molecule has 5 heteroatoms. The summed E-state index contributed by atoms with van der Waals surface area (Å²) in [5, 5.41) is 3.04. The molecule has 1 fully saturated rings. The van der Waals surface area contributed by atoms with Crippen molar-refractivity contribution in [2.24, 2.45) is 0 Å². The Morgan fingerprint density at radius 3 is 2.48 bits per heavy atom. The fourth-order valence-electron chi connectivity index (χ4n) is 4.16.